The molecule has 0 aromatic carbocycles. The Hall–Kier alpha value is -1.39. The van der Waals surface area contributed by atoms with E-state index in [9.17, 15) is 8.78 Å². The fourth-order valence-corrected chi connectivity index (χ4v) is 1.10. The molecule has 3 nitrogen and oxygen atoms in total. The highest BCUT2D eigenvalue weighted by Crippen LogP contribution is 2.16. The summed E-state index contributed by atoms with van der Waals surface area (Å²) in [6.07, 6.45) is -0.966. The van der Waals surface area contributed by atoms with Crippen molar-refractivity contribution < 1.29 is 8.78 Å². The Balaban J connectivity index is 2.56. The third-order valence-electron chi connectivity index (χ3n) is 1.75. The highest BCUT2D eigenvalue weighted by molar-refractivity contribution is 5.60. The summed E-state index contributed by atoms with van der Waals surface area (Å²) in [5.74, 6) is 0.459. The van der Waals surface area contributed by atoms with Crippen molar-refractivity contribution in [3.63, 3.8) is 0 Å². The molecule has 1 aromatic heterocycles. The summed E-state index contributed by atoms with van der Waals surface area (Å²) >= 11 is 0. The lowest BCUT2D eigenvalue weighted by Gasteiger charge is -2.14. The molecular weight excluding hydrogens is 188 g/mol. The quantitative estimate of drug-likeness (QED) is 0.784. The molecule has 0 amide bonds. The molecule has 78 valence electrons. The number of hydrogen-bond donors (Lipinski definition) is 2. The van der Waals surface area contributed by atoms with E-state index in [0.29, 0.717) is 11.5 Å². The van der Waals surface area contributed by atoms with E-state index >= 15 is 0 Å². The Morgan fingerprint density at radius 1 is 1.57 bits per heavy atom. The molecule has 14 heavy (non-hydrogen) atoms. The van der Waals surface area contributed by atoms with Crippen LogP contribution >= 0.6 is 0 Å². The van der Waals surface area contributed by atoms with Gasteiger partial charge in [0.25, 0.3) is 0 Å². The van der Waals surface area contributed by atoms with E-state index in [1.54, 1.807) is 25.3 Å². The Kier molecular flexibility index (Phi) is 3.62. The standard InChI is InChI=1S/C9H13F2N3/c1-6(5-8(10)11)14-9-7(12)3-2-4-13-9/h2-4,6,8H,5,12H2,1H3,(H,13,14). The highest BCUT2D eigenvalue weighted by Gasteiger charge is 2.11. The average Bonchev–Trinajstić information content (AvgIpc) is 2.07. The van der Waals surface area contributed by atoms with Crippen molar-refractivity contribution in [3.8, 4) is 0 Å². The summed E-state index contributed by atoms with van der Waals surface area (Å²) in [5, 5.41) is 2.83. The molecule has 0 radical (unpaired) electrons. The molecule has 1 atom stereocenters. The third-order valence-corrected chi connectivity index (χ3v) is 1.75. The highest BCUT2D eigenvalue weighted by atomic mass is 19.3. The number of nitrogens with zero attached hydrogens (tertiary/aromatic N) is 1. The fraction of sp³-hybridized carbons (Fsp3) is 0.444. The number of pyridine rings is 1. The van der Waals surface area contributed by atoms with Crippen molar-refractivity contribution in [2.75, 3.05) is 11.1 Å². The van der Waals surface area contributed by atoms with Crippen LogP contribution in [0.4, 0.5) is 20.3 Å². The maximum absolute atomic E-state index is 12.0. The molecule has 0 aliphatic heterocycles. The van der Waals surface area contributed by atoms with Gasteiger partial charge in [-0.25, -0.2) is 13.8 Å². The number of alkyl halides is 2. The first-order valence-corrected chi connectivity index (χ1v) is 4.34. The van der Waals surface area contributed by atoms with Crippen LogP contribution in [0.1, 0.15) is 13.3 Å². The van der Waals surface area contributed by atoms with Gasteiger partial charge >= 0.3 is 0 Å². The van der Waals surface area contributed by atoms with Gasteiger partial charge in [-0.3, -0.25) is 0 Å². The Morgan fingerprint density at radius 2 is 2.29 bits per heavy atom. The molecule has 0 saturated heterocycles. The van der Waals surface area contributed by atoms with Crippen LogP contribution in [-0.2, 0) is 0 Å². The lowest BCUT2D eigenvalue weighted by Crippen LogP contribution is -2.19. The number of nitrogen functional groups attached to an aromatic ring is 1. The predicted octanol–water partition coefficient (Wildman–Crippen LogP) is 2.12. The number of hydrogen-bond acceptors (Lipinski definition) is 3. The maximum atomic E-state index is 12.0. The SMILES string of the molecule is CC(CC(F)F)Nc1ncccc1N. The zero-order chi connectivity index (χ0) is 10.6. The van der Waals surface area contributed by atoms with Crippen molar-refractivity contribution in [2.45, 2.75) is 25.8 Å². The van der Waals surface area contributed by atoms with Gasteiger partial charge in [-0.1, -0.05) is 0 Å². The number of halogens is 2. The van der Waals surface area contributed by atoms with Gasteiger partial charge in [0.15, 0.2) is 0 Å². The lowest BCUT2D eigenvalue weighted by atomic mass is 10.2. The smallest absolute Gasteiger partial charge is 0.240 e. The molecule has 0 fully saturated rings. The van der Waals surface area contributed by atoms with E-state index in [4.69, 9.17) is 5.73 Å². The number of rotatable bonds is 4. The monoisotopic (exact) mass is 201 g/mol. The second-order valence-electron chi connectivity index (χ2n) is 3.11. The van der Waals surface area contributed by atoms with Gasteiger partial charge in [-0.05, 0) is 19.1 Å². The van der Waals surface area contributed by atoms with Gasteiger partial charge in [-0.2, -0.15) is 0 Å². The summed E-state index contributed by atoms with van der Waals surface area (Å²) in [7, 11) is 0. The number of nitrogens with two attached hydrogens (primary N) is 1. The van der Waals surface area contributed by atoms with Crippen LogP contribution in [0.25, 0.3) is 0 Å². The van der Waals surface area contributed by atoms with Crippen LogP contribution < -0.4 is 11.1 Å². The van der Waals surface area contributed by atoms with Crippen molar-refractivity contribution >= 4 is 11.5 Å². The van der Waals surface area contributed by atoms with Crippen LogP contribution in [0.3, 0.4) is 0 Å². The molecule has 1 rings (SSSR count). The molecule has 0 aliphatic carbocycles. The average molecular weight is 201 g/mol. The summed E-state index contributed by atoms with van der Waals surface area (Å²) in [6.45, 7) is 1.67. The number of aromatic nitrogens is 1. The van der Waals surface area contributed by atoms with Crippen LogP contribution in [0.2, 0.25) is 0 Å². The van der Waals surface area contributed by atoms with Crippen molar-refractivity contribution in [1.82, 2.24) is 4.98 Å². The molecular formula is C9H13F2N3. The minimum absolute atomic E-state index is 0.212. The zero-order valence-electron chi connectivity index (χ0n) is 7.87. The van der Waals surface area contributed by atoms with Crippen LogP contribution in [0.5, 0.6) is 0 Å². The summed E-state index contributed by atoms with van der Waals surface area (Å²) in [4.78, 5) is 3.94. The first-order chi connectivity index (χ1) is 6.59. The van der Waals surface area contributed by atoms with Gasteiger partial charge in [0.2, 0.25) is 6.43 Å². The van der Waals surface area contributed by atoms with E-state index in [-0.39, 0.29) is 12.5 Å². The number of nitrogens with one attached hydrogen (secondary N) is 1. The molecule has 1 heterocycles. The normalized spacial score (nSPS) is 12.9. The minimum atomic E-state index is -2.32. The van der Waals surface area contributed by atoms with Crippen molar-refractivity contribution in [1.29, 1.82) is 0 Å². The van der Waals surface area contributed by atoms with E-state index in [1.807, 2.05) is 0 Å². The van der Waals surface area contributed by atoms with Gasteiger partial charge in [0.1, 0.15) is 5.82 Å². The largest absolute Gasteiger partial charge is 0.396 e. The molecule has 0 bridgehead atoms. The molecule has 0 aliphatic rings. The minimum Gasteiger partial charge on any atom is -0.396 e. The molecule has 1 unspecified atom stereocenters. The van der Waals surface area contributed by atoms with Gasteiger partial charge in [0, 0.05) is 18.7 Å². The zero-order valence-corrected chi connectivity index (χ0v) is 7.87. The fourth-order valence-electron chi connectivity index (χ4n) is 1.10. The third kappa shape index (κ3) is 3.16. The molecule has 3 N–H and O–H groups in total. The van der Waals surface area contributed by atoms with Gasteiger partial charge in [0.05, 0.1) is 5.69 Å². The maximum Gasteiger partial charge on any atom is 0.240 e. The van der Waals surface area contributed by atoms with E-state index in [0.717, 1.165) is 0 Å². The van der Waals surface area contributed by atoms with Crippen molar-refractivity contribution in [3.05, 3.63) is 18.3 Å². The van der Waals surface area contributed by atoms with Gasteiger partial charge < -0.3 is 11.1 Å². The molecule has 0 spiro atoms. The topological polar surface area (TPSA) is 50.9 Å². The molecule has 5 heteroatoms. The second-order valence-corrected chi connectivity index (χ2v) is 3.11. The van der Waals surface area contributed by atoms with Crippen LogP contribution in [0.15, 0.2) is 18.3 Å². The van der Waals surface area contributed by atoms with E-state index < -0.39 is 6.43 Å². The second kappa shape index (κ2) is 4.74. The Morgan fingerprint density at radius 3 is 2.86 bits per heavy atom. The van der Waals surface area contributed by atoms with Gasteiger partial charge in [-0.15, -0.1) is 0 Å². The first kappa shape index (κ1) is 10.7. The summed E-state index contributed by atoms with van der Waals surface area (Å²) in [6, 6.07) is 3.02. The molecule has 1 aromatic rings. The lowest BCUT2D eigenvalue weighted by molar-refractivity contribution is 0.133. The summed E-state index contributed by atoms with van der Waals surface area (Å²) in [5.41, 5.74) is 6.05. The Bertz CT molecular complexity index is 291. The van der Waals surface area contributed by atoms with Crippen molar-refractivity contribution in [2.24, 2.45) is 0 Å². The van der Waals surface area contributed by atoms with Crippen LogP contribution in [0, 0.1) is 0 Å². The number of anilines is 2. The predicted molar refractivity (Wildman–Crippen MR) is 52.4 cm³/mol. The Labute approximate surface area is 81.3 Å². The first-order valence-electron chi connectivity index (χ1n) is 4.34. The van der Waals surface area contributed by atoms with E-state index in [1.165, 1.54) is 0 Å². The molecule has 0 saturated carbocycles. The van der Waals surface area contributed by atoms with Crippen LogP contribution in [-0.4, -0.2) is 17.5 Å². The van der Waals surface area contributed by atoms with E-state index in [2.05, 4.69) is 10.3 Å². The summed E-state index contributed by atoms with van der Waals surface area (Å²) < 4.78 is 24.0.